The van der Waals surface area contributed by atoms with Crippen LogP contribution in [0.4, 0.5) is 5.69 Å². The fourth-order valence-corrected chi connectivity index (χ4v) is 3.02. The minimum absolute atomic E-state index is 0.158. The third-order valence-electron chi connectivity index (χ3n) is 4.63. The molecule has 0 saturated heterocycles. The van der Waals surface area contributed by atoms with Crippen LogP contribution < -0.4 is 14.8 Å². The third kappa shape index (κ3) is 5.61. The van der Waals surface area contributed by atoms with Gasteiger partial charge < -0.3 is 14.8 Å². The van der Waals surface area contributed by atoms with E-state index in [1.54, 1.807) is 6.07 Å². The van der Waals surface area contributed by atoms with Crippen molar-refractivity contribution in [2.75, 3.05) is 11.9 Å². The van der Waals surface area contributed by atoms with E-state index in [9.17, 15) is 4.79 Å². The molecule has 1 amide bonds. The van der Waals surface area contributed by atoms with Crippen LogP contribution in [-0.2, 0) is 13.0 Å². The Morgan fingerprint density at radius 1 is 0.931 bits per heavy atom. The summed E-state index contributed by atoms with van der Waals surface area (Å²) in [5.41, 5.74) is 4.55. The standard InChI is InChI=1S/C25H27NO3/c1-4-19-9-12-22(13-10-19)26-25(27)20-11-14-24(28-5-2)21(16-20)17-29-23-8-6-7-18(3)15-23/h6-16H,4-5,17H2,1-3H3,(H,26,27). The van der Waals surface area contributed by atoms with Crippen LogP contribution in [0.3, 0.4) is 0 Å². The summed E-state index contributed by atoms with van der Waals surface area (Å²) in [6.45, 7) is 6.94. The van der Waals surface area contributed by atoms with Crippen molar-refractivity contribution in [2.45, 2.75) is 33.8 Å². The fraction of sp³-hybridized carbons (Fsp3) is 0.240. The number of carbonyl (C=O) groups excluding carboxylic acids is 1. The summed E-state index contributed by atoms with van der Waals surface area (Å²) in [6, 6.07) is 21.2. The van der Waals surface area contributed by atoms with Crippen LogP contribution in [0.15, 0.2) is 66.7 Å². The Morgan fingerprint density at radius 3 is 2.41 bits per heavy atom. The van der Waals surface area contributed by atoms with E-state index in [0.717, 1.165) is 34.7 Å². The van der Waals surface area contributed by atoms with Gasteiger partial charge in [-0.2, -0.15) is 0 Å². The second-order valence-corrected chi connectivity index (χ2v) is 6.87. The van der Waals surface area contributed by atoms with E-state index in [-0.39, 0.29) is 5.91 Å². The molecule has 0 heterocycles. The van der Waals surface area contributed by atoms with Crippen molar-refractivity contribution < 1.29 is 14.3 Å². The number of amides is 1. The summed E-state index contributed by atoms with van der Waals surface area (Å²) in [4.78, 5) is 12.7. The van der Waals surface area contributed by atoms with Crippen LogP contribution in [0.2, 0.25) is 0 Å². The number of hydrogen-bond donors (Lipinski definition) is 1. The molecule has 0 unspecified atom stereocenters. The van der Waals surface area contributed by atoms with Gasteiger partial charge >= 0.3 is 0 Å². The molecule has 3 aromatic carbocycles. The molecule has 29 heavy (non-hydrogen) atoms. The second-order valence-electron chi connectivity index (χ2n) is 6.87. The van der Waals surface area contributed by atoms with Gasteiger partial charge in [-0.05, 0) is 73.9 Å². The predicted molar refractivity (Wildman–Crippen MR) is 117 cm³/mol. The Labute approximate surface area is 172 Å². The van der Waals surface area contributed by atoms with Crippen molar-refractivity contribution in [2.24, 2.45) is 0 Å². The zero-order valence-corrected chi connectivity index (χ0v) is 17.2. The highest BCUT2D eigenvalue weighted by atomic mass is 16.5. The Bertz CT molecular complexity index is 964. The SMILES string of the molecule is CCOc1ccc(C(=O)Nc2ccc(CC)cc2)cc1COc1cccc(C)c1. The highest BCUT2D eigenvalue weighted by Crippen LogP contribution is 2.24. The third-order valence-corrected chi connectivity index (χ3v) is 4.63. The van der Waals surface area contributed by atoms with Gasteiger partial charge in [0.2, 0.25) is 0 Å². The molecule has 0 fully saturated rings. The molecule has 0 aliphatic carbocycles. The number of carbonyl (C=O) groups is 1. The van der Waals surface area contributed by atoms with E-state index in [1.807, 2.05) is 74.5 Å². The molecule has 4 heteroatoms. The average molecular weight is 389 g/mol. The lowest BCUT2D eigenvalue weighted by Gasteiger charge is -2.14. The zero-order chi connectivity index (χ0) is 20.6. The van der Waals surface area contributed by atoms with Crippen molar-refractivity contribution in [3.8, 4) is 11.5 Å². The molecule has 0 saturated carbocycles. The monoisotopic (exact) mass is 389 g/mol. The number of ether oxygens (including phenoxy) is 2. The van der Waals surface area contributed by atoms with Gasteiger partial charge in [-0.1, -0.05) is 31.2 Å². The predicted octanol–water partition coefficient (Wildman–Crippen LogP) is 5.79. The minimum atomic E-state index is -0.158. The summed E-state index contributed by atoms with van der Waals surface area (Å²) in [6.07, 6.45) is 0.970. The minimum Gasteiger partial charge on any atom is -0.493 e. The zero-order valence-electron chi connectivity index (χ0n) is 17.2. The molecule has 0 aromatic heterocycles. The fourth-order valence-electron chi connectivity index (χ4n) is 3.02. The van der Waals surface area contributed by atoms with Gasteiger partial charge in [-0.3, -0.25) is 4.79 Å². The van der Waals surface area contributed by atoms with Gasteiger partial charge in [0.25, 0.3) is 5.91 Å². The maximum Gasteiger partial charge on any atom is 0.255 e. The molecular weight excluding hydrogens is 362 g/mol. The Kier molecular flexibility index (Phi) is 6.90. The van der Waals surface area contributed by atoms with E-state index < -0.39 is 0 Å². The van der Waals surface area contributed by atoms with Gasteiger partial charge in [-0.25, -0.2) is 0 Å². The lowest BCUT2D eigenvalue weighted by molar-refractivity contribution is 0.102. The first kappa shape index (κ1) is 20.5. The Morgan fingerprint density at radius 2 is 1.72 bits per heavy atom. The number of aryl methyl sites for hydroxylation is 2. The second kappa shape index (κ2) is 9.78. The molecule has 0 aliphatic heterocycles. The smallest absolute Gasteiger partial charge is 0.255 e. The molecule has 1 N–H and O–H groups in total. The first-order valence-electron chi connectivity index (χ1n) is 9.94. The molecule has 3 aromatic rings. The van der Waals surface area contributed by atoms with Crippen LogP contribution >= 0.6 is 0 Å². The molecule has 0 spiro atoms. The van der Waals surface area contributed by atoms with Crippen molar-refractivity contribution >= 4 is 11.6 Å². The van der Waals surface area contributed by atoms with Crippen LogP contribution in [-0.4, -0.2) is 12.5 Å². The maximum absolute atomic E-state index is 12.7. The van der Waals surface area contributed by atoms with Crippen LogP contribution in [0.1, 0.15) is 40.9 Å². The van der Waals surface area contributed by atoms with E-state index in [0.29, 0.717) is 18.8 Å². The first-order chi connectivity index (χ1) is 14.1. The van der Waals surface area contributed by atoms with Gasteiger partial charge in [-0.15, -0.1) is 0 Å². The summed E-state index contributed by atoms with van der Waals surface area (Å²) in [5, 5.41) is 2.95. The molecule has 0 radical (unpaired) electrons. The van der Waals surface area contributed by atoms with Gasteiger partial charge in [0.05, 0.1) is 6.61 Å². The van der Waals surface area contributed by atoms with E-state index in [2.05, 4.69) is 12.2 Å². The summed E-state index contributed by atoms with van der Waals surface area (Å²) < 4.78 is 11.6. The van der Waals surface area contributed by atoms with Gasteiger partial charge in [0.15, 0.2) is 0 Å². The molecule has 3 rings (SSSR count). The Balaban J connectivity index is 1.76. The van der Waals surface area contributed by atoms with Crippen LogP contribution in [0.25, 0.3) is 0 Å². The van der Waals surface area contributed by atoms with Crippen LogP contribution in [0, 0.1) is 6.92 Å². The van der Waals surface area contributed by atoms with Crippen LogP contribution in [0.5, 0.6) is 11.5 Å². The number of anilines is 1. The molecule has 0 atom stereocenters. The number of nitrogens with one attached hydrogen (secondary N) is 1. The quantitative estimate of drug-likeness (QED) is 0.531. The van der Waals surface area contributed by atoms with Crippen molar-refractivity contribution in [1.29, 1.82) is 0 Å². The summed E-state index contributed by atoms with van der Waals surface area (Å²) in [7, 11) is 0. The highest BCUT2D eigenvalue weighted by molar-refractivity contribution is 6.04. The lowest BCUT2D eigenvalue weighted by atomic mass is 10.1. The number of benzene rings is 3. The maximum atomic E-state index is 12.7. The Hall–Kier alpha value is -3.27. The van der Waals surface area contributed by atoms with Crippen molar-refractivity contribution in [3.63, 3.8) is 0 Å². The highest BCUT2D eigenvalue weighted by Gasteiger charge is 2.12. The van der Waals surface area contributed by atoms with E-state index in [1.165, 1.54) is 5.56 Å². The number of hydrogen-bond acceptors (Lipinski definition) is 3. The topological polar surface area (TPSA) is 47.6 Å². The van der Waals surface area contributed by atoms with Gasteiger partial charge in [0.1, 0.15) is 18.1 Å². The largest absolute Gasteiger partial charge is 0.493 e. The van der Waals surface area contributed by atoms with Crippen molar-refractivity contribution in [3.05, 3.63) is 89.0 Å². The number of rotatable bonds is 8. The normalized spacial score (nSPS) is 10.4. The molecule has 0 bridgehead atoms. The molecule has 150 valence electrons. The lowest BCUT2D eigenvalue weighted by Crippen LogP contribution is -2.13. The van der Waals surface area contributed by atoms with Crippen molar-refractivity contribution in [1.82, 2.24) is 0 Å². The van der Waals surface area contributed by atoms with E-state index in [4.69, 9.17) is 9.47 Å². The molecule has 0 aliphatic rings. The summed E-state index contributed by atoms with van der Waals surface area (Å²) >= 11 is 0. The average Bonchev–Trinajstić information content (AvgIpc) is 2.74. The molecular formula is C25H27NO3. The van der Waals surface area contributed by atoms with Gasteiger partial charge in [0, 0.05) is 16.8 Å². The van der Waals surface area contributed by atoms with E-state index >= 15 is 0 Å². The summed E-state index contributed by atoms with van der Waals surface area (Å²) in [5.74, 6) is 1.36. The first-order valence-corrected chi connectivity index (χ1v) is 9.94. The molecule has 4 nitrogen and oxygen atoms in total.